The first kappa shape index (κ1) is 32.0. The van der Waals surface area contributed by atoms with Crippen LogP contribution in [-0.4, -0.2) is 36.1 Å². The van der Waals surface area contributed by atoms with Crippen LogP contribution in [0.5, 0.6) is 11.5 Å². The van der Waals surface area contributed by atoms with Gasteiger partial charge in [-0.25, -0.2) is 0 Å². The zero-order valence-electron chi connectivity index (χ0n) is 25.6. The molecule has 0 aromatic heterocycles. The first-order valence-electron chi connectivity index (χ1n) is 14.2. The largest absolute Gasteiger partial charge is 0.508 e. The molecule has 0 fully saturated rings. The molecule has 230 valence electrons. The molecule has 2 amide bonds. The lowest BCUT2D eigenvalue weighted by Crippen LogP contribution is -2.12. The zero-order valence-corrected chi connectivity index (χ0v) is 25.6. The van der Waals surface area contributed by atoms with Gasteiger partial charge in [0.05, 0.1) is 0 Å². The fraction of sp³-hybridized carbons (Fsp3) is 0.111. The van der Waals surface area contributed by atoms with Gasteiger partial charge in [0.1, 0.15) is 11.5 Å². The number of aryl methyl sites for hydroxylation is 2. The second-order valence-electron chi connectivity index (χ2n) is 10.7. The van der Waals surface area contributed by atoms with Gasteiger partial charge in [0.15, 0.2) is 0 Å². The Kier molecular flexibility index (Phi) is 10.3. The summed E-state index contributed by atoms with van der Waals surface area (Å²) in [6, 6.07) is 31.6. The number of nitrogen functional groups attached to an aromatic ring is 1. The lowest BCUT2D eigenvalue weighted by atomic mass is 10.1. The second kappa shape index (κ2) is 14.5. The predicted molar refractivity (Wildman–Crippen MR) is 183 cm³/mol. The average molecular weight is 604 g/mol. The number of amides is 2. The Morgan fingerprint density at radius 1 is 0.622 bits per heavy atom. The second-order valence-corrected chi connectivity index (χ2v) is 10.7. The van der Waals surface area contributed by atoms with Crippen molar-refractivity contribution in [3.63, 3.8) is 0 Å². The summed E-state index contributed by atoms with van der Waals surface area (Å²) in [6.07, 6.45) is 0. The number of hydrogen-bond acceptors (Lipinski definition) is 7. The summed E-state index contributed by atoms with van der Waals surface area (Å²) in [5.74, 6) is -0.186. The van der Waals surface area contributed by atoms with Crippen LogP contribution in [0.4, 0.5) is 34.1 Å². The SMILES string of the molecule is Cc1ccc(N)cc1NC(=O)c1ccc(O)cc1.Cc1ccc(Nc2cccc(N(C)C)c2)cc1NC(=O)c1ccc(O)cc1. The van der Waals surface area contributed by atoms with Crippen LogP contribution in [-0.2, 0) is 0 Å². The maximum absolute atomic E-state index is 12.4. The van der Waals surface area contributed by atoms with E-state index in [9.17, 15) is 14.7 Å². The Hall–Kier alpha value is -5.96. The quantitative estimate of drug-likeness (QED) is 0.107. The Morgan fingerprint density at radius 2 is 1.11 bits per heavy atom. The third-order valence-electron chi connectivity index (χ3n) is 6.91. The van der Waals surface area contributed by atoms with Gasteiger partial charge in [-0.3, -0.25) is 9.59 Å². The van der Waals surface area contributed by atoms with Crippen LogP contribution in [0.25, 0.3) is 0 Å². The molecule has 0 saturated carbocycles. The minimum atomic E-state index is -0.233. The Labute approximate surface area is 263 Å². The highest BCUT2D eigenvalue weighted by atomic mass is 16.3. The number of hydrogen-bond donors (Lipinski definition) is 6. The Bertz CT molecular complexity index is 1790. The van der Waals surface area contributed by atoms with Crippen LogP contribution in [0.15, 0.2) is 109 Å². The van der Waals surface area contributed by atoms with E-state index in [1.165, 1.54) is 24.3 Å². The zero-order chi connectivity index (χ0) is 32.5. The number of phenolic OH excluding ortho intramolecular Hbond substituents is 2. The highest BCUT2D eigenvalue weighted by molar-refractivity contribution is 6.05. The number of nitrogens with one attached hydrogen (secondary N) is 3. The van der Waals surface area contributed by atoms with Gasteiger partial charge in [-0.1, -0.05) is 18.2 Å². The molecule has 0 aliphatic carbocycles. The number of benzene rings is 5. The highest BCUT2D eigenvalue weighted by Crippen LogP contribution is 2.26. The van der Waals surface area contributed by atoms with E-state index >= 15 is 0 Å². The van der Waals surface area contributed by atoms with Crippen molar-refractivity contribution in [1.82, 2.24) is 0 Å². The number of carbonyl (C=O) groups excluding carboxylic acids is 2. The van der Waals surface area contributed by atoms with Gasteiger partial charge in [-0.15, -0.1) is 0 Å². The van der Waals surface area contributed by atoms with E-state index in [1.54, 1.807) is 36.4 Å². The van der Waals surface area contributed by atoms with Crippen molar-refractivity contribution < 1.29 is 19.8 Å². The molecule has 45 heavy (non-hydrogen) atoms. The van der Waals surface area contributed by atoms with E-state index in [-0.39, 0.29) is 23.3 Å². The topological polar surface area (TPSA) is 140 Å². The Morgan fingerprint density at radius 3 is 1.64 bits per heavy atom. The maximum atomic E-state index is 12.4. The van der Waals surface area contributed by atoms with Gasteiger partial charge in [-0.2, -0.15) is 0 Å². The molecule has 0 atom stereocenters. The fourth-order valence-corrected chi connectivity index (χ4v) is 4.25. The molecular formula is C36H37N5O4. The molecule has 0 radical (unpaired) electrons. The van der Waals surface area contributed by atoms with Crippen LogP contribution in [0.2, 0.25) is 0 Å². The molecule has 0 saturated heterocycles. The van der Waals surface area contributed by atoms with E-state index in [1.807, 2.05) is 75.3 Å². The maximum Gasteiger partial charge on any atom is 0.255 e. The first-order valence-corrected chi connectivity index (χ1v) is 14.2. The number of nitrogens with two attached hydrogens (primary N) is 1. The summed E-state index contributed by atoms with van der Waals surface area (Å²) >= 11 is 0. The summed E-state index contributed by atoms with van der Waals surface area (Å²) in [5, 5.41) is 27.6. The number of rotatable bonds is 7. The van der Waals surface area contributed by atoms with Gasteiger partial charge >= 0.3 is 0 Å². The molecular weight excluding hydrogens is 566 g/mol. The summed E-state index contributed by atoms with van der Waals surface area (Å²) in [7, 11) is 4.00. The lowest BCUT2D eigenvalue weighted by Gasteiger charge is -2.15. The van der Waals surface area contributed by atoms with Gasteiger partial charge in [-0.05, 0) is 116 Å². The number of anilines is 6. The summed E-state index contributed by atoms with van der Waals surface area (Å²) in [6.45, 7) is 3.84. The smallest absolute Gasteiger partial charge is 0.255 e. The van der Waals surface area contributed by atoms with Gasteiger partial charge in [0, 0.05) is 59.3 Å². The van der Waals surface area contributed by atoms with E-state index in [2.05, 4.69) is 22.0 Å². The van der Waals surface area contributed by atoms with Crippen molar-refractivity contribution in [2.24, 2.45) is 0 Å². The van der Waals surface area contributed by atoms with Crippen LogP contribution in [0.1, 0.15) is 31.8 Å². The lowest BCUT2D eigenvalue weighted by molar-refractivity contribution is 0.101. The summed E-state index contributed by atoms with van der Waals surface area (Å²) in [4.78, 5) is 26.4. The number of carbonyl (C=O) groups is 2. The molecule has 0 aliphatic heterocycles. The molecule has 0 unspecified atom stereocenters. The average Bonchev–Trinajstić information content (AvgIpc) is 3.01. The van der Waals surface area contributed by atoms with Crippen molar-refractivity contribution in [2.75, 3.05) is 40.7 Å². The standard InChI is InChI=1S/C22H23N3O2.C14H14N2O2/c1-15-7-10-18(23-17-5-4-6-19(13-17)25(2)3)14-21(15)24-22(27)16-8-11-20(26)12-9-16;1-9-2-5-11(15)8-13(9)16-14(18)10-3-6-12(17)7-4-10/h4-14,23,26H,1-3H3,(H,24,27);2-8,17H,15H2,1H3,(H,16,18). The van der Waals surface area contributed by atoms with Crippen LogP contribution >= 0.6 is 0 Å². The minimum absolute atomic E-state index is 0.131. The third kappa shape index (κ3) is 9.01. The van der Waals surface area contributed by atoms with E-state index in [0.29, 0.717) is 22.5 Å². The number of phenols is 2. The summed E-state index contributed by atoms with van der Waals surface area (Å²) in [5.41, 5.74) is 13.5. The highest BCUT2D eigenvalue weighted by Gasteiger charge is 2.10. The molecule has 9 heteroatoms. The molecule has 0 aliphatic rings. The molecule has 5 aromatic rings. The minimum Gasteiger partial charge on any atom is -0.508 e. The van der Waals surface area contributed by atoms with E-state index in [0.717, 1.165) is 33.9 Å². The molecule has 0 heterocycles. The van der Waals surface area contributed by atoms with Crippen LogP contribution < -0.4 is 26.6 Å². The molecule has 5 aromatic carbocycles. The van der Waals surface area contributed by atoms with Crippen molar-refractivity contribution >= 4 is 45.9 Å². The molecule has 5 rings (SSSR count). The number of nitrogens with zero attached hydrogens (tertiary/aromatic N) is 1. The molecule has 7 N–H and O–H groups in total. The first-order chi connectivity index (χ1) is 21.5. The van der Waals surface area contributed by atoms with Crippen molar-refractivity contribution in [2.45, 2.75) is 13.8 Å². The van der Waals surface area contributed by atoms with E-state index < -0.39 is 0 Å². The van der Waals surface area contributed by atoms with Crippen molar-refractivity contribution in [3.8, 4) is 11.5 Å². The fourth-order valence-electron chi connectivity index (χ4n) is 4.25. The third-order valence-corrected chi connectivity index (χ3v) is 6.91. The van der Waals surface area contributed by atoms with Gasteiger partial charge in [0.25, 0.3) is 11.8 Å². The van der Waals surface area contributed by atoms with E-state index in [4.69, 9.17) is 10.8 Å². The predicted octanol–water partition coefficient (Wildman–Crippen LogP) is 7.30. The van der Waals surface area contributed by atoms with Crippen LogP contribution in [0.3, 0.4) is 0 Å². The molecule has 0 spiro atoms. The summed E-state index contributed by atoms with van der Waals surface area (Å²) < 4.78 is 0. The van der Waals surface area contributed by atoms with Crippen molar-refractivity contribution in [3.05, 3.63) is 131 Å². The van der Waals surface area contributed by atoms with Crippen molar-refractivity contribution in [1.29, 1.82) is 0 Å². The molecule has 9 nitrogen and oxygen atoms in total. The van der Waals surface area contributed by atoms with Gasteiger partial charge in [0.2, 0.25) is 0 Å². The normalized spacial score (nSPS) is 10.2. The molecule has 0 bridgehead atoms. The monoisotopic (exact) mass is 603 g/mol. The number of aromatic hydroxyl groups is 2. The van der Waals surface area contributed by atoms with Gasteiger partial charge < -0.3 is 36.8 Å². The van der Waals surface area contributed by atoms with Crippen LogP contribution in [0, 0.1) is 13.8 Å². The Balaban J connectivity index is 0.000000222.